The van der Waals surface area contributed by atoms with E-state index in [4.69, 9.17) is 4.42 Å². The summed E-state index contributed by atoms with van der Waals surface area (Å²) in [6, 6.07) is 25.6. The van der Waals surface area contributed by atoms with Crippen LogP contribution in [0.5, 0.6) is 0 Å². The zero-order valence-electron chi connectivity index (χ0n) is 19.8. The van der Waals surface area contributed by atoms with E-state index in [1.807, 2.05) is 78.6 Å². The molecule has 0 aliphatic carbocycles. The van der Waals surface area contributed by atoms with E-state index in [-0.39, 0.29) is 5.91 Å². The monoisotopic (exact) mass is 464 g/mol. The molecule has 1 aromatic heterocycles. The molecule has 1 aliphatic rings. The fourth-order valence-corrected chi connectivity index (χ4v) is 4.24. The minimum atomic E-state index is 0.0576. The van der Waals surface area contributed by atoms with Gasteiger partial charge in [-0.05, 0) is 48.4 Å². The topological polar surface area (TPSA) is 62.5 Å². The van der Waals surface area contributed by atoms with Crippen LogP contribution in [0.15, 0.2) is 89.4 Å². The zero-order valence-corrected chi connectivity index (χ0v) is 19.8. The van der Waals surface area contributed by atoms with Crippen LogP contribution in [0.3, 0.4) is 0 Å². The fourth-order valence-electron chi connectivity index (χ4n) is 4.24. The Hall–Kier alpha value is -4.03. The Bertz CT molecular complexity index is 1300. The molecule has 6 heteroatoms. The van der Waals surface area contributed by atoms with E-state index in [1.54, 1.807) is 0 Å². The first kappa shape index (κ1) is 22.7. The predicted octanol–water partition coefficient (Wildman–Crippen LogP) is 5.18. The van der Waals surface area contributed by atoms with Gasteiger partial charge in [-0.15, -0.1) is 10.2 Å². The first-order chi connectivity index (χ1) is 17.2. The molecule has 0 unspecified atom stereocenters. The molecular formula is C29H28N4O2. The molecule has 0 N–H and O–H groups in total. The van der Waals surface area contributed by atoms with Crippen molar-refractivity contribution in [1.29, 1.82) is 0 Å². The van der Waals surface area contributed by atoms with Gasteiger partial charge in [0.05, 0.1) is 0 Å². The average molecular weight is 465 g/mol. The number of aryl methyl sites for hydroxylation is 1. The summed E-state index contributed by atoms with van der Waals surface area (Å²) in [4.78, 5) is 17.3. The lowest BCUT2D eigenvalue weighted by atomic mass is 10.1. The van der Waals surface area contributed by atoms with Gasteiger partial charge < -0.3 is 9.32 Å². The molecule has 6 nitrogen and oxygen atoms in total. The van der Waals surface area contributed by atoms with Crippen LogP contribution < -0.4 is 0 Å². The van der Waals surface area contributed by atoms with Gasteiger partial charge in [0, 0.05) is 49.4 Å². The van der Waals surface area contributed by atoms with Crippen molar-refractivity contribution in [3.63, 3.8) is 0 Å². The van der Waals surface area contributed by atoms with Crippen molar-refractivity contribution in [3.05, 3.63) is 102 Å². The SMILES string of the molecule is Cc1ccccc1-c1nnc(-c2ccc(C(=O)N3CCN(C/C=C/c4ccccc4)CC3)cc2)o1. The number of rotatable bonds is 6. The molecule has 1 amide bonds. The largest absolute Gasteiger partial charge is 0.416 e. The summed E-state index contributed by atoms with van der Waals surface area (Å²) in [7, 11) is 0. The molecule has 5 rings (SSSR count). The van der Waals surface area contributed by atoms with Crippen molar-refractivity contribution in [2.45, 2.75) is 6.92 Å². The number of benzene rings is 3. The van der Waals surface area contributed by atoms with E-state index < -0.39 is 0 Å². The third kappa shape index (κ3) is 5.39. The summed E-state index contributed by atoms with van der Waals surface area (Å²) in [5.74, 6) is 0.997. The van der Waals surface area contributed by atoms with Crippen LogP contribution >= 0.6 is 0 Å². The Labute approximate surface area is 205 Å². The molecule has 0 saturated carbocycles. The van der Waals surface area contributed by atoms with Gasteiger partial charge in [-0.2, -0.15) is 0 Å². The first-order valence-corrected chi connectivity index (χ1v) is 11.9. The molecule has 35 heavy (non-hydrogen) atoms. The van der Waals surface area contributed by atoms with E-state index in [0.717, 1.165) is 49.4 Å². The molecule has 0 radical (unpaired) electrons. The van der Waals surface area contributed by atoms with Gasteiger partial charge in [0.1, 0.15) is 0 Å². The maximum Gasteiger partial charge on any atom is 0.253 e. The smallest absolute Gasteiger partial charge is 0.253 e. The molecule has 0 bridgehead atoms. The van der Waals surface area contributed by atoms with Crippen molar-refractivity contribution in [3.8, 4) is 22.9 Å². The highest BCUT2D eigenvalue weighted by atomic mass is 16.4. The second kappa shape index (κ2) is 10.5. The van der Waals surface area contributed by atoms with Gasteiger partial charge in [-0.3, -0.25) is 9.69 Å². The lowest BCUT2D eigenvalue weighted by Gasteiger charge is -2.34. The summed E-state index contributed by atoms with van der Waals surface area (Å²) < 4.78 is 5.90. The Morgan fingerprint density at radius 2 is 1.54 bits per heavy atom. The maximum absolute atomic E-state index is 13.0. The lowest BCUT2D eigenvalue weighted by Crippen LogP contribution is -2.48. The second-order valence-electron chi connectivity index (χ2n) is 8.71. The molecule has 4 aromatic rings. The molecule has 1 saturated heterocycles. The van der Waals surface area contributed by atoms with Crippen LogP contribution in [-0.4, -0.2) is 58.6 Å². The molecule has 0 atom stereocenters. The Morgan fingerprint density at radius 1 is 0.857 bits per heavy atom. The van der Waals surface area contributed by atoms with E-state index in [9.17, 15) is 4.79 Å². The standard InChI is InChI=1S/C29H28N4O2/c1-22-8-5-6-12-26(22)28-31-30-27(35-28)24-13-15-25(16-14-24)29(34)33-20-18-32(19-21-33)17-7-11-23-9-3-2-4-10-23/h2-16H,17-21H2,1H3/b11-7+. The second-order valence-corrected chi connectivity index (χ2v) is 8.71. The summed E-state index contributed by atoms with van der Waals surface area (Å²) in [5.41, 5.74) is 4.68. The highest BCUT2D eigenvalue weighted by molar-refractivity contribution is 5.94. The molecule has 176 valence electrons. The number of nitrogens with zero attached hydrogens (tertiary/aromatic N) is 4. The van der Waals surface area contributed by atoms with Crippen LogP contribution in [0.1, 0.15) is 21.5 Å². The minimum absolute atomic E-state index is 0.0576. The maximum atomic E-state index is 13.0. The summed E-state index contributed by atoms with van der Waals surface area (Å²) in [6.07, 6.45) is 4.33. The quantitative estimate of drug-likeness (QED) is 0.393. The number of carbonyl (C=O) groups is 1. The van der Waals surface area contributed by atoms with Crippen LogP contribution in [-0.2, 0) is 0 Å². The Balaban J connectivity index is 1.16. The van der Waals surface area contributed by atoms with Crippen LogP contribution in [0.25, 0.3) is 29.0 Å². The van der Waals surface area contributed by atoms with Crippen LogP contribution in [0.4, 0.5) is 0 Å². The van der Waals surface area contributed by atoms with E-state index in [0.29, 0.717) is 17.3 Å². The molecule has 3 aromatic carbocycles. The van der Waals surface area contributed by atoms with Crippen LogP contribution in [0, 0.1) is 6.92 Å². The molecule has 0 spiro atoms. The van der Waals surface area contributed by atoms with E-state index in [1.165, 1.54) is 5.56 Å². The Morgan fingerprint density at radius 3 is 2.29 bits per heavy atom. The van der Waals surface area contributed by atoms with Gasteiger partial charge in [0.15, 0.2) is 0 Å². The first-order valence-electron chi connectivity index (χ1n) is 11.9. The van der Waals surface area contributed by atoms with Gasteiger partial charge in [-0.25, -0.2) is 0 Å². The van der Waals surface area contributed by atoms with Gasteiger partial charge >= 0.3 is 0 Å². The van der Waals surface area contributed by atoms with Gasteiger partial charge in [-0.1, -0.05) is 60.7 Å². The molecule has 1 aliphatic heterocycles. The number of piperazine rings is 1. The number of hydrogen-bond donors (Lipinski definition) is 0. The molecule has 1 fully saturated rings. The number of carbonyl (C=O) groups excluding carboxylic acids is 1. The van der Waals surface area contributed by atoms with Crippen molar-refractivity contribution in [2.24, 2.45) is 0 Å². The third-order valence-electron chi connectivity index (χ3n) is 6.31. The average Bonchev–Trinajstić information content (AvgIpc) is 3.40. The van der Waals surface area contributed by atoms with Crippen molar-refractivity contribution < 1.29 is 9.21 Å². The van der Waals surface area contributed by atoms with Crippen LogP contribution in [0.2, 0.25) is 0 Å². The Kier molecular flexibility index (Phi) is 6.82. The highest BCUT2D eigenvalue weighted by Gasteiger charge is 2.22. The van der Waals surface area contributed by atoms with Crippen molar-refractivity contribution >= 4 is 12.0 Å². The number of aromatic nitrogens is 2. The normalized spacial score (nSPS) is 14.5. The summed E-state index contributed by atoms with van der Waals surface area (Å²) >= 11 is 0. The van der Waals surface area contributed by atoms with Gasteiger partial charge in [0.2, 0.25) is 11.8 Å². The minimum Gasteiger partial charge on any atom is -0.416 e. The predicted molar refractivity (Wildman–Crippen MR) is 138 cm³/mol. The van der Waals surface area contributed by atoms with E-state index >= 15 is 0 Å². The lowest BCUT2D eigenvalue weighted by molar-refractivity contribution is 0.0650. The van der Waals surface area contributed by atoms with Crippen molar-refractivity contribution in [2.75, 3.05) is 32.7 Å². The van der Waals surface area contributed by atoms with Crippen molar-refractivity contribution in [1.82, 2.24) is 20.0 Å². The third-order valence-corrected chi connectivity index (χ3v) is 6.31. The number of hydrogen-bond acceptors (Lipinski definition) is 5. The van der Waals surface area contributed by atoms with Gasteiger partial charge in [0.25, 0.3) is 5.91 Å². The molecular weight excluding hydrogens is 436 g/mol. The highest BCUT2D eigenvalue weighted by Crippen LogP contribution is 2.26. The zero-order chi connectivity index (χ0) is 24.0. The molecule has 2 heterocycles. The van der Waals surface area contributed by atoms with E-state index in [2.05, 4.69) is 39.4 Å². The summed E-state index contributed by atoms with van der Waals surface area (Å²) in [6.45, 7) is 6.09. The summed E-state index contributed by atoms with van der Waals surface area (Å²) in [5, 5.41) is 8.40. The number of amides is 1. The fraction of sp³-hybridized carbons (Fsp3) is 0.207.